The maximum Gasteiger partial charge on any atom is 0.416 e. The largest absolute Gasteiger partial charge is 0.495 e. The summed E-state index contributed by atoms with van der Waals surface area (Å²) in [4.78, 5) is 12.3. The Morgan fingerprint density at radius 2 is 1.84 bits per heavy atom. The van der Waals surface area contributed by atoms with Crippen LogP contribution < -0.4 is 10.1 Å². The van der Waals surface area contributed by atoms with Crippen molar-refractivity contribution < 1.29 is 40.2 Å². The van der Waals surface area contributed by atoms with Gasteiger partial charge in [-0.2, -0.15) is 17.5 Å². The van der Waals surface area contributed by atoms with Crippen LogP contribution in [0.4, 0.5) is 17.6 Å². The molecule has 1 saturated heterocycles. The second-order valence-corrected chi connectivity index (χ2v) is 8.77. The quantitative estimate of drug-likeness (QED) is 0.649. The summed E-state index contributed by atoms with van der Waals surface area (Å²) in [7, 11) is -2.72. The Kier molecular flexibility index (Phi) is 7.06. The van der Waals surface area contributed by atoms with E-state index in [-0.39, 0.29) is 48.1 Å². The standard InChI is InChI=1S/C20H20F4N2O5S/c1-30-17-5-3-13(10-18(17)32(28,29)26-6-8-31-9-7-26)19(27)25-12-14-2-4-15(21)11-16(14)20(22,23)24/h2-5,10-11H,6-9,12H2,1H3,(H,25,27). The molecule has 2 aromatic carbocycles. The summed E-state index contributed by atoms with van der Waals surface area (Å²) in [6, 6.07) is 5.83. The molecule has 1 fully saturated rings. The summed E-state index contributed by atoms with van der Waals surface area (Å²) in [5.74, 6) is -1.84. The Labute approximate surface area is 182 Å². The molecule has 32 heavy (non-hydrogen) atoms. The van der Waals surface area contributed by atoms with E-state index in [1.807, 2.05) is 0 Å². The zero-order valence-electron chi connectivity index (χ0n) is 16.9. The third kappa shape index (κ3) is 5.19. The summed E-state index contributed by atoms with van der Waals surface area (Å²) in [5.41, 5.74) is -1.63. The molecule has 0 radical (unpaired) electrons. The normalized spacial score (nSPS) is 15.4. The average molecular weight is 476 g/mol. The average Bonchev–Trinajstić information content (AvgIpc) is 2.77. The third-order valence-electron chi connectivity index (χ3n) is 4.83. The number of nitrogens with zero attached hydrogens (tertiary/aromatic N) is 1. The van der Waals surface area contributed by atoms with Crippen LogP contribution in [0.1, 0.15) is 21.5 Å². The van der Waals surface area contributed by atoms with Gasteiger partial charge in [0, 0.05) is 25.2 Å². The van der Waals surface area contributed by atoms with E-state index in [0.29, 0.717) is 6.07 Å². The summed E-state index contributed by atoms with van der Waals surface area (Å²) in [6.45, 7) is 0.173. The second kappa shape index (κ2) is 9.43. The summed E-state index contributed by atoms with van der Waals surface area (Å²) < 4.78 is 90.2. The molecule has 1 aliphatic heterocycles. The lowest BCUT2D eigenvalue weighted by Gasteiger charge is -2.26. The summed E-state index contributed by atoms with van der Waals surface area (Å²) >= 11 is 0. The van der Waals surface area contributed by atoms with Crippen molar-refractivity contribution in [1.82, 2.24) is 9.62 Å². The number of rotatable bonds is 6. The van der Waals surface area contributed by atoms with Crippen molar-refractivity contribution in [3.63, 3.8) is 0 Å². The number of alkyl halides is 3. The summed E-state index contributed by atoms with van der Waals surface area (Å²) in [5, 5.41) is 2.31. The minimum absolute atomic E-state index is 0.0194. The number of methoxy groups -OCH3 is 1. The highest BCUT2D eigenvalue weighted by molar-refractivity contribution is 7.89. The number of benzene rings is 2. The molecule has 1 heterocycles. The van der Waals surface area contributed by atoms with E-state index in [4.69, 9.17) is 9.47 Å². The molecule has 174 valence electrons. The SMILES string of the molecule is COc1ccc(C(=O)NCc2ccc(F)cc2C(F)(F)F)cc1S(=O)(=O)N1CCOCC1. The van der Waals surface area contributed by atoms with Gasteiger partial charge in [-0.15, -0.1) is 0 Å². The smallest absolute Gasteiger partial charge is 0.416 e. The van der Waals surface area contributed by atoms with Crippen molar-refractivity contribution >= 4 is 15.9 Å². The van der Waals surface area contributed by atoms with Crippen molar-refractivity contribution in [3.8, 4) is 5.75 Å². The first-order valence-electron chi connectivity index (χ1n) is 9.44. The number of nitrogens with one attached hydrogen (secondary N) is 1. The second-order valence-electron chi connectivity index (χ2n) is 6.86. The van der Waals surface area contributed by atoms with Crippen molar-refractivity contribution in [1.29, 1.82) is 0 Å². The van der Waals surface area contributed by atoms with Gasteiger partial charge in [0.15, 0.2) is 0 Å². The van der Waals surface area contributed by atoms with Crippen LogP contribution in [0, 0.1) is 5.82 Å². The zero-order chi connectivity index (χ0) is 23.5. The lowest BCUT2D eigenvalue weighted by molar-refractivity contribution is -0.138. The third-order valence-corrected chi connectivity index (χ3v) is 6.75. The van der Waals surface area contributed by atoms with E-state index in [1.54, 1.807) is 0 Å². The van der Waals surface area contributed by atoms with Gasteiger partial charge < -0.3 is 14.8 Å². The fourth-order valence-electron chi connectivity index (χ4n) is 3.19. The van der Waals surface area contributed by atoms with Gasteiger partial charge in [0.25, 0.3) is 5.91 Å². The first kappa shape index (κ1) is 24.0. The van der Waals surface area contributed by atoms with Crippen molar-refractivity contribution in [2.24, 2.45) is 0 Å². The Morgan fingerprint density at radius 1 is 1.16 bits per heavy atom. The van der Waals surface area contributed by atoms with E-state index < -0.39 is 40.0 Å². The van der Waals surface area contributed by atoms with E-state index in [0.717, 1.165) is 18.2 Å². The molecule has 12 heteroatoms. The summed E-state index contributed by atoms with van der Waals surface area (Å²) in [6.07, 6.45) is -4.80. The molecule has 0 unspecified atom stereocenters. The number of carbonyl (C=O) groups is 1. The number of carbonyl (C=O) groups excluding carboxylic acids is 1. The zero-order valence-corrected chi connectivity index (χ0v) is 17.7. The van der Waals surface area contributed by atoms with E-state index >= 15 is 0 Å². The molecule has 3 rings (SSSR count). The lowest BCUT2D eigenvalue weighted by atomic mass is 10.1. The fraction of sp³-hybridized carbons (Fsp3) is 0.350. The molecule has 0 atom stereocenters. The van der Waals surface area contributed by atoms with Gasteiger partial charge in [-0.05, 0) is 35.9 Å². The molecular formula is C20H20F4N2O5S. The Hall–Kier alpha value is -2.70. The van der Waals surface area contributed by atoms with Crippen molar-refractivity contribution in [2.45, 2.75) is 17.6 Å². The van der Waals surface area contributed by atoms with E-state index in [9.17, 15) is 30.8 Å². The maximum atomic E-state index is 13.3. The molecule has 7 nitrogen and oxygen atoms in total. The highest BCUT2D eigenvalue weighted by atomic mass is 32.2. The fourth-order valence-corrected chi connectivity index (χ4v) is 4.78. The topological polar surface area (TPSA) is 84.9 Å². The van der Waals surface area contributed by atoms with Gasteiger partial charge in [-0.3, -0.25) is 4.79 Å². The molecule has 0 spiro atoms. The van der Waals surface area contributed by atoms with Gasteiger partial charge in [-0.1, -0.05) is 6.07 Å². The molecule has 0 bridgehead atoms. The van der Waals surface area contributed by atoms with Gasteiger partial charge in [0.05, 0.1) is 25.9 Å². The van der Waals surface area contributed by atoms with Crippen LogP contribution in [0.15, 0.2) is 41.3 Å². The monoisotopic (exact) mass is 476 g/mol. The van der Waals surface area contributed by atoms with Crippen LogP contribution in [0.2, 0.25) is 0 Å². The van der Waals surface area contributed by atoms with Crippen LogP contribution >= 0.6 is 0 Å². The number of halogens is 4. The molecular weight excluding hydrogens is 456 g/mol. The van der Waals surface area contributed by atoms with Gasteiger partial charge in [0.1, 0.15) is 16.5 Å². The number of amides is 1. The van der Waals surface area contributed by atoms with Gasteiger partial charge in [0.2, 0.25) is 10.0 Å². The minimum Gasteiger partial charge on any atom is -0.495 e. The predicted octanol–water partition coefficient (Wildman–Crippen LogP) is 2.80. The van der Waals surface area contributed by atoms with Crippen LogP contribution in [0.25, 0.3) is 0 Å². The van der Waals surface area contributed by atoms with Crippen molar-refractivity contribution in [2.75, 3.05) is 33.4 Å². The van der Waals surface area contributed by atoms with Crippen LogP contribution in [-0.2, 0) is 27.5 Å². The lowest BCUT2D eigenvalue weighted by Crippen LogP contribution is -2.40. The molecule has 0 aromatic heterocycles. The number of hydrogen-bond acceptors (Lipinski definition) is 5. The highest BCUT2D eigenvalue weighted by Gasteiger charge is 2.34. The minimum atomic E-state index is -4.80. The Morgan fingerprint density at radius 3 is 2.47 bits per heavy atom. The predicted molar refractivity (Wildman–Crippen MR) is 105 cm³/mol. The number of sulfonamides is 1. The molecule has 0 saturated carbocycles. The number of morpholine rings is 1. The number of ether oxygens (including phenoxy) is 2. The van der Waals surface area contributed by atoms with Crippen molar-refractivity contribution in [3.05, 3.63) is 58.9 Å². The van der Waals surface area contributed by atoms with Crippen LogP contribution in [0.3, 0.4) is 0 Å². The Bertz CT molecular complexity index is 1100. The highest BCUT2D eigenvalue weighted by Crippen LogP contribution is 2.33. The van der Waals surface area contributed by atoms with Crippen LogP contribution in [0.5, 0.6) is 5.75 Å². The first-order chi connectivity index (χ1) is 15.0. The molecule has 1 N–H and O–H groups in total. The van der Waals surface area contributed by atoms with Gasteiger partial charge in [-0.25, -0.2) is 12.8 Å². The molecule has 1 amide bonds. The van der Waals surface area contributed by atoms with E-state index in [2.05, 4.69) is 5.32 Å². The van der Waals surface area contributed by atoms with Gasteiger partial charge >= 0.3 is 6.18 Å². The number of hydrogen-bond donors (Lipinski definition) is 1. The Balaban J connectivity index is 1.85. The molecule has 0 aliphatic carbocycles. The van der Waals surface area contributed by atoms with E-state index in [1.165, 1.54) is 23.5 Å². The van der Waals surface area contributed by atoms with Crippen LogP contribution in [-0.4, -0.2) is 52.0 Å². The maximum absolute atomic E-state index is 13.3. The molecule has 1 aliphatic rings. The molecule has 2 aromatic rings. The first-order valence-corrected chi connectivity index (χ1v) is 10.9.